The summed E-state index contributed by atoms with van der Waals surface area (Å²) in [6.07, 6.45) is 4.07. The third-order valence-corrected chi connectivity index (χ3v) is 3.44. The van der Waals surface area contributed by atoms with Crippen molar-refractivity contribution in [3.63, 3.8) is 0 Å². The van der Waals surface area contributed by atoms with Crippen LogP contribution >= 0.6 is 0 Å². The lowest BCUT2D eigenvalue weighted by Crippen LogP contribution is -2.08. The molecule has 0 bridgehead atoms. The van der Waals surface area contributed by atoms with Crippen LogP contribution in [-0.4, -0.2) is 0 Å². The first kappa shape index (κ1) is 10.4. The van der Waals surface area contributed by atoms with E-state index in [1.807, 2.05) is 30.3 Å². The molecule has 3 rings (SSSR count). The summed E-state index contributed by atoms with van der Waals surface area (Å²) < 4.78 is 5.76. The van der Waals surface area contributed by atoms with E-state index in [1.165, 1.54) is 24.8 Å². The first-order valence-electron chi connectivity index (χ1n) is 6.25. The zero-order valence-electron chi connectivity index (χ0n) is 9.80. The molecular weight excluding hydrogens is 208 g/mol. The molecule has 1 heteroatoms. The maximum absolute atomic E-state index is 5.76. The van der Waals surface area contributed by atoms with Gasteiger partial charge < -0.3 is 4.74 Å². The fraction of sp³-hybridized carbons (Fsp3) is 0.250. The third-order valence-electron chi connectivity index (χ3n) is 3.44. The summed E-state index contributed by atoms with van der Waals surface area (Å²) >= 11 is 0. The molecule has 1 saturated carbocycles. The molecule has 1 nitrogen and oxygen atoms in total. The number of rotatable bonds is 3. The Morgan fingerprint density at radius 1 is 0.765 bits per heavy atom. The van der Waals surface area contributed by atoms with Gasteiger partial charge in [0.2, 0.25) is 0 Å². The highest BCUT2D eigenvalue weighted by Gasteiger charge is 2.18. The maximum Gasteiger partial charge on any atom is 0.127 e. The van der Waals surface area contributed by atoms with Crippen molar-refractivity contribution in [1.29, 1.82) is 0 Å². The fourth-order valence-electron chi connectivity index (χ4n) is 2.17. The second-order valence-corrected chi connectivity index (χ2v) is 4.61. The van der Waals surface area contributed by atoms with Crippen LogP contribution in [0.25, 0.3) is 0 Å². The molecule has 86 valence electrons. The summed E-state index contributed by atoms with van der Waals surface area (Å²) in [7, 11) is 0. The molecule has 2 aromatic rings. The van der Waals surface area contributed by atoms with Crippen LogP contribution in [0.4, 0.5) is 0 Å². The van der Waals surface area contributed by atoms with Crippen molar-refractivity contribution < 1.29 is 4.74 Å². The van der Waals surface area contributed by atoms with E-state index >= 15 is 0 Å². The molecule has 0 N–H and O–H groups in total. The number of ether oxygens (including phenoxy) is 1. The first-order chi connectivity index (χ1) is 8.42. The molecule has 1 aliphatic carbocycles. The Morgan fingerprint density at radius 2 is 1.41 bits per heavy atom. The molecule has 0 saturated heterocycles. The van der Waals surface area contributed by atoms with Gasteiger partial charge in [-0.2, -0.15) is 0 Å². The van der Waals surface area contributed by atoms with E-state index in [0.29, 0.717) is 0 Å². The molecule has 0 amide bonds. The standard InChI is InChI=1S/C16H16O/c1-2-7-15(8-3-1)17-16-11-9-14(10-12-16)13-5-4-6-13/h1-3,7-13H,4-6H2. The lowest BCUT2D eigenvalue weighted by molar-refractivity contribution is 0.419. The highest BCUT2D eigenvalue weighted by molar-refractivity contribution is 5.34. The highest BCUT2D eigenvalue weighted by atomic mass is 16.5. The number of hydrogen-bond acceptors (Lipinski definition) is 1. The molecule has 1 aliphatic rings. The predicted molar refractivity (Wildman–Crippen MR) is 69.6 cm³/mol. The summed E-state index contributed by atoms with van der Waals surface area (Å²) in [5.74, 6) is 2.60. The van der Waals surface area contributed by atoms with Crippen LogP contribution in [0.3, 0.4) is 0 Å². The molecule has 0 radical (unpaired) electrons. The Bertz CT molecular complexity index is 469. The topological polar surface area (TPSA) is 9.23 Å². The van der Waals surface area contributed by atoms with Crippen molar-refractivity contribution in [3.8, 4) is 11.5 Å². The van der Waals surface area contributed by atoms with Gasteiger partial charge in [-0.15, -0.1) is 0 Å². The van der Waals surface area contributed by atoms with Crippen LogP contribution in [0.15, 0.2) is 54.6 Å². The second kappa shape index (κ2) is 4.62. The van der Waals surface area contributed by atoms with E-state index in [1.54, 1.807) is 0 Å². The molecule has 1 fully saturated rings. The van der Waals surface area contributed by atoms with Crippen LogP contribution in [-0.2, 0) is 0 Å². The van der Waals surface area contributed by atoms with Gasteiger partial charge in [0, 0.05) is 0 Å². The normalized spacial score (nSPS) is 15.3. The van der Waals surface area contributed by atoms with Gasteiger partial charge in [0.05, 0.1) is 0 Å². The Hall–Kier alpha value is -1.76. The van der Waals surface area contributed by atoms with Crippen molar-refractivity contribution in [3.05, 3.63) is 60.2 Å². The van der Waals surface area contributed by atoms with Gasteiger partial charge >= 0.3 is 0 Å². The van der Waals surface area contributed by atoms with Crippen molar-refractivity contribution in [2.24, 2.45) is 0 Å². The molecular formula is C16H16O. The summed E-state index contributed by atoms with van der Waals surface area (Å²) in [4.78, 5) is 0. The molecule has 0 spiro atoms. The van der Waals surface area contributed by atoms with Crippen LogP contribution in [0.2, 0.25) is 0 Å². The van der Waals surface area contributed by atoms with Crippen molar-refractivity contribution >= 4 is 0 Å². The number of para-hydroxylation sites is 1. The lowest BCUT2D eigenvalue weighted by atomic mass is 9.80. The summed E-state index contributed by atoms with van der Waals surface area (Å²) in [6, 6.07) is 18.4. The van der Waals surface area contributed by atoms with E-state index in [9.17, 15) is 0 Å². The third kappa shape index (κ3) is 2.33. The summed E-state index contributed by atoms with van der Waals surface area (Å²) in [5.41, 5.74) is 1.46. The number of hydrogen-bond donors (Lipinski definition) is 0. The minimum atomic E-state index is 0.792. The Kier molecular flexibility index (Phi) is 2.83. The van der Waals surface area contributed by atoms with Crippen LogP contribution in [0.5, 0.6) is 11.5 Å². The Morgan fingerprint density at radius 3 is 2.00 bits per heavy atom. The van der Waals surface area contributed by atoms with E-state index in [-0.39, 0.29) is 0 Å². The average Bonchev–Trinajstić information content (AvgIpc) is 2.31. The minimum Gasteiger partial charge on any atom is -0.457 e. The first-order valence-corrected chi connectivity index (χ1v) is 6.25. The number of benzene rings is 2. The molecule has 0 aromatic heterocycles. The quantitative estimate of drug-likeness (QED) is 0.731. The highest BCUT2D eigenvalue weighted by Crippen LogP contribution is 2.37. The van der Waals surface area contributed by atoms with Gasteiger partial charge in [0.1, 0.15) is 11.5 Å². The predicted octanol–water partition coefficient (Wildman–Crippen LogP) is 4.75. The largest absolute Gasteiger partial charge is 0.457 e. The van der Waals surface area contributed by atoms with Gasteiger partial charge in [-0.1, -0.05) is 36.8 Å². The van der Waals surface area contributed by atoms with Crippen LogP contribution in [0.1, 0.15) is 30.7 Å². The van der Waals surface area contributed by atoms with Crippen LogP contribution < -0.4 is 4.74 Å². The molecule has 0 aliphatic heterocycles. The summed E-state index contributed by atoms with van der Waals surface area (Å²) in [5, 5.41) is 0. The minimum absolute atomic E-state index is 0.792. The van der Waals surface area contributed by atoms with Crippen molar-refractivity contribution in [2.45, 2.75) is 25.2 Å². The van der Waals surface area contributed by atoms with E-state index < -0.39 is 0 Å². The Balaban J connectivity index is 1.72. The van der Waals surface area contributed by atoms with Crippen molar-refractivity contribution in [1.82, 2.24) is 0 Å². The fourth-order valence-corrected chi connectivity index (χ4v) is 2.17. The second-order valence-electron chi connectivity index (χ2n) is 4.61. The SMILES string of the molecule is c1ccc(Oc2ccc(C3CCC3)cc2)cc1. The Labute approximate surface area is 102 Å². The van der Waals surface area contributed by atoms with Crippen LogP contribution in [0, 0.1) is 0 Å². The van der Waals surface area contributed by atoms with E-state index in [0.717, 1.165) is 17.4 Å². The van der Waals surface area contributed by atoms with Gasteiger partial charge in [-0.25, -0.2) is 0 Å². The lowest BCUT2D eigenvalue weighted by Gasteiger charge is -2.25. The molecule has 2 aromatic carbocycles. The van der Waals surface area contributed by atoms with Crippen molar-refractivity contribution in [2.75, 3.05) is 0 Å². The molecule has 0 heterocycles. The zero-order chi connectivity index (χ0) is 11.5. The van der Waals surface area contributed by atoms with Gasteiger partial charge in [-0.05, 0) is 48.6 Å². The smallest absolute Gasteiger partial charge is 0.127 e. The average molecular weight is 224 g/mol. The van der Waals surface area contributed by atoms with Gasteiger partial charge in [0.15, 0.2) is 0 Å². The van der Waals surface area contributed by atoms with E-state index in [4.69, 9.17) is 4.74 Å². The maximum atomic E-state index is 5.76. The molecule has 0 atom stereocenters. The van der Waals surface area contributed by atoms with Gasteiger partial charge in [-0.3, -0.25) is 0 Å². The summed E-state index contributed by atoms with van der Waals surface area (Å²) in [6.45, 7) is 0. The monoisotopic (exact) mass is 224 g/mol. The van der Waals surface area contributed by atoms with E-state index in [2.05, 4.69) is 24.3 Å². The zero-order valence-corrected chi connectivity index (χ0v) is 9.80. The molecule has 17 heavy (non-hydrogen) atoms. The molecule has 0 unspecified atom stereocenters. The van der Waals surface area contributed by atoms with Gasteiger partial charge in [0.25, 0.3) is 0 Å².